The standard InChI is InChI=1S/C21H24N4O5/c26-13-16(11-18(27)28)24-20(29)17-7-4-10-25(17)21(30)19-22-12-15(23-19)9-8-14-5-2-1-3-6-14/h1-3,5-6,12-13,16-17H,4,7-11H2,(H,22,23)(H,24,29)(H,27,28)/t16?,17-/m0/s1. The highest BCUT2D eigenvalue weighted by Gasteiger charge is 2.36. The summed E-state index contributed by atoms with van der Waals surface area (Å²) in [4.78, 5) is 55.9. The third kappa shape index (κ3) is 5.31. The third-order valence-electron chi connectivity index (χ3n) is 5.05. The smallest absolute Gasteiger partial charge is 0.305 e. The number of carboxylic acids is 1. The zero-order valence-electron chi connectivity index (χ0n) is 16.4. The van der Waals surface area contributed by atoms with E-state index in [9.17, 15) is 19.2 Å². The average molecular weight is 412 g/mol. The number of aryl methyl sites for hydroxylation is 2. The highest BCUT2D eigenvalue weighted by molar-refractivity contribution is 5.96. The molecular weight excluding hydrogens is 388 g/mol. The van der Waals surface area contributed by atoms with E-state index in [4.69, 9.17) is 5.11 Å². The van der Waals surface area contributed by atoms with E-state index < -0.39 is 30.4 Å². The van der Waals surface area contributed by atoms with Crippen LogP contribution < -0.4 is 5.32 Å². The lowest BCUT2D eigenvalue weighted by Crippen LogP contribution is -2.49. The Morgan fingerprint density at radius 1 is 1.27 bits per heavy atom. The van der Waals surface area contributed by atoms with Crippen LogP contribution in [0.2, 0.25) is 0 Å². The van der Waals surface area contributed by atoms with Crippen LogP contribution in [-0.4, -0.2) is 62.7 Å². The number of benzene rings is 1. The molecule has 158 valence electrons. The van der Waals surface area contributed by atoms with Gasteiger partial charge < -0.3 is 25.1 Å². The third-order valence-corrected chi connectivity index (χ3v) is 5.05. The number of imidazole rings is 1. The Hall–Kier alpha value is -3.49. The van der Waals surface area contributed by atoms with Crippen molar-refractivity contribution in [3.63, 3.8) is 0 Å². The number of aliphatic carboxylic acids is 1. The summed E-state index contributed by atoms with van der Waals surface area (Å²) in [6, 6.07) is 8.08. The molecule has 0 aliphatic carbocycles. The molecule has 30 heavy (non-hydrogen) atoms. The van der Waals surface area contributed by atoms with Gasteiger partial charge in [0.2, 0.25) is 5.91 Å². The van der Waals surface area contributed by atoms with E-state index >= 15 is 0 Å². The van der Waals surface area contributed by atoms with Crippen LogP contribution in [0.4, 0.5) is 0 Å². The van der Waals surface area contributed by atoms with Crippen molar-refractivity contribution in [1.29, 1.82) is 0 Å². The molecule has 3 rings (SSSR count). The second-order valence-corrected chi connectivity index (χ2v) is 7.23. The monoisotopic (exact) mass is 412 g/mol. The van der Waals surface area contributed by atoms with Crippen molar-refractivity contribution in [2.45, 2.75) is 44.2 Å². The van der Waals surface area contributed by atoms with Gasteiger partial charge in [-0.3, -0.25) is 14.4 Å². The number of carboxylic acid groups (broad SMARTS) is 1. The fourth-order valence-corrected chi connectivity index (χ4v) is 3.53. The first-order chi connectivity index (χ1) is 14.5. The van der Waals surface area contributed by atoms with Crippen molar-refractivity contribution in [2.24, 2.45) is 0 Å². The zero-order chi connectivity index (χ0) is 21.5. The highest BCUT2D eigenvalue weighted by atomic mass is 16.4. The van der Waals surface area contributed by atoms with Gasteiger partial charge in [-0.1, -0.05) is 30.3 Å². The second kappa shape index (κ2) is 9.82. The Labute approximate surface area is 173 Å². The van der Waals surface area contributed by atoms with Gasteiger partial charge in [-0.25, -0.2) is 4.98 Å². The molecule has 2 amide bonds. The van der Waals surface area contributed by atoms with Gasteiger partial charge in [-0.2, -0.15) is 0 Å². The maximum Gasteiger partial charge on any atom is 0.305 e. The molecule has 1 fully saturated rings. The van der Waals surface area contributed by atoms with Crippen LogP contribution in [0.5, 0.6) is 0 Å². The molecule has 0 bridgehead atoms. The number of carbonyl (C=O) groups excluding carboxylic acids is 3. The van der Waals surface area contributed by atoms with E-state index in [0.29, 0.717) is 32.1 Å². The maximum absolute atomic E-state index is 12.9. The van der Waals surface area contributed by atoms with Crippen LogP contribution in [0.15, 0.2) is 36.5 Å². The molecule has 1 saturated heterocycles. The van der Waals surface area contributed by atoms with E-state index in [1.807, 2.05) is 30.3 Å². The lowest BCUT2D eigenvalue weighted by Gasteiger charge is -2.24. The van der Waals surface area contributed by atoms with Crippen LogP contribution in [0.25, 0.3) is 0 Å². The number of hydrogen-bond donors (Lipinski definition) is 3. The molecule has 1 aromatic heterocycles. The van der Waals surface area contributed by atoms with Crippen molar-refractivity contribution in [2.75, 3.05) is 6.54 Å². The molecule has 1 aliphatic rings. The van der Waals surface area contributed by atoms with Crippen LogP contribution >= 0.6 is 0 Å². The topological polar surface area (TPSA) is 132 Å². The van der Waals surface area contributed by atoms with E-state index in [2.05, 4.69) is 15.3 Å². The molecule has 1 aliphatic heterocycles. The molecule has 2 aromatic rings. The maximum atomic E-state index is 12.9. The summed E-state index contributed by atoms with van der Waals surface area (Å²) in [5, 5.41) is 11.2. The Bertz CT molecular complexity index is 911. The number of likely N-dealkylation sites (tertiary alicyclic amines) is 1. The number of rotatable bonds is 9. The van der Waals surface area contributed by atoms with Crippen molar-refractivity contribution in [1.82, 2.24) is 20.2 Å². The summed E-state index contributed by atoms with van der Waals surface area (Å²) in [6.07, 6.45) is 4.13. The highest BCUT2D eigenvalue weighted by Crippen LogP contribution is 2.20. The molecule has 1 aromatic carbocycles. The molecule has 2 heterocycles. The number of H-pyrrole nitrogens is 1. The summed E-state index contributed by atoms with van der Waals surface area (Å²) in [5.74, 6) is -1.95. The molecule has 3 N–H and O–H groups in total. The second-order valence-electron chi connectivity index (χ2n) is 7.23. The fraction of sp³-hybridized carbons (Fsp3) is 0.381. The number of nitrogens with zero attached hydrogens (tertiary/aromatic N) is 2. The molecule has 1 unspecified atom stereocenters. The minimum atomic E-state index is -1.19. The summed E-state index contributed by atoms with van der Waals surface area (Å²) < 4.78 is 0. The van der Waals surface area contributed by atoms with Crippen LogP contribution in [-0.2, 0) is 27.2 Å². The van der Waals surface area contributed by atoms with Gasteiger partial charge in [0.15, 0.2) is 5.82 Å². The first-order valence-electron chi connectivity index (χ1n) is 9.84. The number of aromatic nitrogens is 2. The van der Waals surface area contributed by atoms with Crippen molar-refractivity contribution in [3.8, 4) is 0 Å². The molecule has 9 nitrogen and oxygen atoms in total. The minimum absolute atomic E-state index is 0.162. The van der Waals surface area contributed by atoms with Crippen molar-refractivity contribution >= 4 is 24.1 Å². The van der Waals surface area contributed by atoms with Gasteiger partial charge >= 0.3 is 5.97 Å². The minimum Gasteiger partial charge on any atom is -0.481 e. The van der Waals surface area contributed by atoms with E-state index in [1.165, 1.54) is 10.5 Å². The Morgan fingerprint density at radius 2 is 2.03 bits per heavy atom. The average Bonchev–Trinajstić information content (AvgIpc) is 3.41. The van der Waals surface area contributed by atoms with Crippen molar-refractivity contribution < 1.29 is 24.3 Å². The normalized spacial score (nSPS) is 16.8. The van der Waals surface area contributed by atoms with Crippen LogP contribution in [0.3, 0.4) is 0 Å². The first kappa shape index (κ1) is 21.2. The lowest BCUT2D eigenvalue weighted by molar-refractivity contribution is -0.139. The van der Waals surface area contributed by atoms with Crippen LogP contribution in [0, 0.1) is 0 Å². The fourth-order valence-electron chi connectivity index (χ4n) is 3.53. The van der Waals surface area contributed by atoms with Gasteiger partial charge in [0.1, 0.15) is 12.3 Å². The SMILES string of the molecule is O=CC(CC(=O)O)NC(=O)[C@@H]1CCCN1C(=O)c1nc(CCc2ccccc2)c[nH]1. The van der Waals surface area contributed by atoms with E-state index in [0.717, 1.165) is 12.1 Å². The summed E-state index contributed by atoms with van der Waals surface area (Å²) in [7, 11) is 0. The Balaban J connectivity index is 1.61. The summed E-state index contributed by atoms with van der Waals surface area (Å²) in [6.45, 7) is 0.391. The predicted molar refractivity (Wildman–Crippen MR) is 107 cm³/mol. The van der Waals surface area contributed by atoms with Crippen LogP contribution in [0.1, 0.15) is 41.1 Å². The number of nitrogens with one attached hydrogen (secondary N) is 2. The number of hydrogen-bond acceptors (Lipinski definition) is 5. The number of aromatic amines is 1. The zero-order valence-corrected chi connectivity index (χ0v) is 16.4. The Kier molecular flexibility index (Phi) is 6.95. The quantitative estimate of drug-likeness (QED) is 0.526. The predicted octanol–water partition coefficient (Wildman–Crippen LogP) is 0.958. The summed E-state index contributed by atoms with van der Waals surface area (Å²) >= 11 is 0. The first-order valence-corrected chi connectivity index (χ1v) is 9.84. The van der Waals surface area contributed by atoms with Gasteiger partial charge in [0.05, 0.1) is 18.2 Å². The van der Waals surface area contributed by atoms with Gasteiger partial charge in [-0.05, 0) is 31.2 Å². The number of carbonyl (C=O) groups is 4. The van der Waals surface area contributed by atoms with Gasteiger partial charge in [0.25, 0.3) is 5.91 Å². The van der Waals surface area contributed by atoms with E-state index in [-0.39, 0.29) is 11.7 Å². The van der Waals surface area contributed by atoms with Crippen molar-refractivity contribution in [3.05, 3.63) is 53.6 Å². The largest absolute Gasteiger partial charge is 0.481 e. The summed E-state index contributed by atoms with van der Waals surface area (Å²) in [5.41, 5.74) is 1.93. The molecule has 9 heteroatoms. The molecular formula is C21H24N4O5. The van der Waals surface area contributed by atoms with Gasteiger partial charge in [-0.15, -0.1) is 0 Å². The lowest BCUT2D eigenvalue weighted by atomic mass is 10.1. The van der Waals surface area contributed by atoms with E-state index in [1.54, 1.807) is 6.20 Å². The molecule has 2 atom stereocenters. The van der Waals surface area contributed by atoms with Gasteiger partial charge in [0, 0.05) is 12.7 Å². The molecule has 0 spiro atoms. The molecule has 0 saturated carbocycles. The Morgan fingerprint density at radius 3 is 2.73 bits per heavy atom. The molecule has 0 radical (unpaired) electrons. The number of aldehydes is 1. The number of amides is 2.